The van der Waals surface area contributed by atoms with Crippen molar-refractivity contribution < 1.29 is 9.59 Å². The largest absolute Gasteiger partial charge is 0.347 e. The first kappa shape index (κ1) is 22.2. The average Bonchev–Trinajstić information content (AvgIpc) is 2.74. The normalized spacial score (nSPS) is 31.7. The van der Waals surface area contributed by atoms with Gasteiger partial charge in [-0.1, -0.05) is 23.7 Å². The van der Waals surface area contributed by atoms with Gasteiger partial charge in [0.15, 0.2) is 0 Å². The number of carbonyl (C=O) groups excluding carboxylic acids is 2. The van der Waals surface area contributed by atoms with E-state index in [0.717, 1.165) is 48.0 Å². The third kappa shape index (κ3) is 4.84. The molecule has 1 saturated heterocycles. The van der Waals surface area contributed by atoms with Gasteiger partial charge in [0, 0.05) is 44.2 Å². The van der Waals surface area contributed by atoms with E-state index in [9.17, 15) is 9.59 Å². The Hall–Kier alpha value is -1.59. The second kappa shape index (κ2) is 8.98. The average molecular weight is 458 g/mol. The Kier molecular flexibility index (Phi) is 6.23. The molecule has 0 aromatic heterocycles. The summed E-state index contributed by atoms with van der Waals surface area (Å²) in [5.41, 5.74) is 2.53. The summed E-state index contributed by atoms with van der Waals surface area (Å²) in [4.78, 5) is 29.7. The van der Waals surface area contributed by atoms with Gasteiger partial charge in [0.1, 0.15) is 0 Å². The Morgan fingerprint density at radius 1 is 1.03 bits per heavy atom. The number of hydrogen-bond donors (Lipinski definition) is 1. The van der Waals surface area contributed by atoms with Gasteiger partial charge in [-0.3, -0.25) is 14.5 Å². The standard InChI is InChI=1S/C26H36ClN3O2/c1-18-2-3-19(11-23(18)27)17-29-4-6-30(7-5-29)25(32)16-28-24(31)15-26-12-20-8-21(13-26)10-22(9-20)14-26/h2-3,11,20-22H,4-10,12-17H2,1H3,(H,28,31). The maximum Gasteiger partial charge on any atom is 0.242 e. The predicted octanol–water partition coefficient (Wildman–Crippen LogP) is 4.02. The van der Waals surface area contributed by atoms with Crippen molar-refractivity contribution in [2.24, 2.45) is 23.2 Å². The molecule has 5 fully saturated rings. The van der Waals surface area contributed by atoms with Gasteiger partial charge in [0.05, 0.1) is 6.54 Å². The molecule has 0 radical (unpaired) electrons. The molecule has 5 nitrogen and oxygen atoms in total. The van der Waals surface area contributed by atoms with Gasteiger partial charge in [0.25, 0.3) is 0 Å². The van der Waals surface area contributed by atoms with E-state index in [1.165, 1.54) is 44.1 Å². The number of aryl methyl sites for hydroxylation is 1. The molecular weight excluding hydrogens is 422 g/mol. The van der Waals surface area contributed by atoms with Crippen molar-refractivity contribution in [2.45, 2.75) is 58.4 Å². The van der Waals surface area contributed by atoms with E-state index >= 15 is 0 Å². The van der Waals surface area contributed by atoms with Crippen LogP contribution in [0.2, 0.25) is 5.02 Å². The quantitative estimate of drug-likeness (QED) is 0.702. The topological polar surface area (TPSA) is 52.6 Å². The summed E-state index contributed by atoms with van der Waals surface area (Å²) in [5, 5.41) is 3.76. The minimum atomic E-state index is 0.0434. The van der Waals surface area contributed by atoms with Crippen LogP contribution in [-0.4, -0.2) is 54.3 Å². The number of halogens is 1. The predicted molar refractivity (Wildman–Crippen MR) is 126 cm³/mol. The van der Waals surface area contributed by atoms with Crippen LogP contribution < -0.4 is 5.32 Å². The van der Waals surface area contributed by atoms with Crippen LogP contribution in [0.25, 0.3) is 0 Å². The highest BCUT2D eigenvalue weighted by molar-refractivity contribution is 6.31. The van der Waals surface area contributed by atoms with Crippen molar-refractivity contribution in [2.75, 3.05) is 32.7 Å². The van der Waals surface area contributed by atoms with Crippen LogP contribution in [0.4, 0.5) is 0 Å². The smallest absolute Gasteiger partial charge is 0.242 e. The van der Waals surface area contributed by atoms with Gasteiger partial charge >= 0.3 is 0 Å². The van der Waals surface area contributed by atoms with Gasteiger partial charge in [-0.25, -0.2) is 0 Å². The number of hydrogen-bond acceptors (Lipinski definition) is 3. The summed E-state index contributed by atoms with van der Waals surface area (Å²) in [6, 6.07) is 6.22. The zero-order chi connectivity index (χ0) is 22.3. The van der Waals surface area contributed by atoms with Gasteiger partial charge in [-0.15, -0.1) is 0 Å². The van der Waals surface area contributed by atoms with Crippen molar-refractivity contribution in [3.8, 4) is 0 Å². The lowest BCUT2D eigenvalue weighted by Gasteiger charge is -2.56. The van der Waals surface area contributed by atoms with Crippen LogP contribution in [0.1, 0.15) is 56.1 Å². The highest BCUT2D eigenvalue weighted by atomic mass is 35.5. The van der Waals surface area contributed by atoms with Crippen molar-refractivity contribution in [1.82, 2.24) is 15.1 Å². The Morgan fingerprint density at radius 3 is 2.25 bits per heavy atom. The number of nitrogens with one attached hydrogen (secondary N) is 1. The number of rotatable bonds is 6. The summed E-state index contributed by atoms with van der Waals surface area (Å²) >= 11 is 6.25. The fraction of sp³-hybridized carbons (Fsp3) is 0.692. The van der Waals surface area contributed by atoms with Crippen LogP contribution in [0.3, 0.4) is 0 Å². The number of carbonyl (C=O) groups is 2. The molecule has 1 aromatic carbocycles. The minimum Gasteiger partial charge on any atom is -0.347 e. The second-order valence-electron chi connectivity index (χ2n) is 11.1. The molecule has 1 heterocycles. The SMILES string of the molecule is Cc1ccc(CN2CCN(C(=O)CNC(=O)CC34CC5CC(CC(C5)C3)C4)CC2)cc1Cl. The van der Waals surface area contributed by atoms with Crippen LogP contribution in [0.5, 0.6) is 0 Å². The molecule has 0 unspecified atom stereocenters. The molecule has 6 heteroatoms. The molecule has 4 saturated carbocycles. The van der Waals surface area contributed by atoms with Gasteiger partial charge in [-0.05, 0) is 85.8 Å². The Bertz CT molecular complexity index is 843. The van der Waals surface area contributed by atoms with E-state index in [1.54, 1.807) is 0 Å². The second-order valence-corrected chi connectivity index (χ2v) is 11.5. The van der Waals surface area contributed by atoms with Crippen molar-refractivity contribution in [3.05, 3.63) is 34.3 Å². The lowest BCUT2D eigenvalue weighted by atomic mass is 9.49. The third-order valence-corrected chi connectivity index (χ3v) is 8.91. The first-order valence-electron chi connectivity index (χ1n) is 12.4. The van der Waals surface area contributed by atoms with Gasteiger partial charge in [-0.2, -0.15) is 0 Å². The van der Waals surface area contributed by atoms with Crippen LogP contribution in [0, 0.1) is 30.1 Å². The Balaban J connectivity index is 1.05. The van der Waals surface area contributed by atoms with Crippen molar-refractivity contribution >= 4 is 23.4 Å². The first-order chi connectivity index (χ1) is 15.4. The zero-order valence-electron chi connectivity index (χ0n) is 19.2. The maximum atomic E-state index is 12.7. The van der Waals surface area contributed by atoms with E-state index in [2.05, 4.69) is 22.3 Å². The van der Waals surface area contributed by atoms with E-state index in [1.807, 2.05) is 17.9 Å². The molecule has 0 atom stereocenters. The first-order valence-corrected chi connectivity index (χ1v) is 12.8. The number of amides is 2. The van der Waals surface area contributed by atoms with Crippen LogP contribution in [0.15, 0.2) is 18.2 Å². The number of benzene rings is 1. The van der Waals surface area contributed by atoms with Crippen LogP contribution in [-0.2, 0) is 16.1 Å². The maximum absolute atomic E-state index is 12.7. The molecule has 32 heavy (non-hydrogen) atoms. The molecule has 1 aliphatic heterocycles. The summed E-state index contributed by atoms with van der Waals surface area (Å²) < 4.78 is 0. The molecule has 174 valence electrons. The minimum absolute atomic E-state index is 0.0434. The molecule has 4 aliphatic carbocycles. The Morgan fingerprint density at radius 2 is 1.66 bits per heavy atom. The Labute approximate surface area is 196 Å². The monoisotopic (exact) mass is 457 g/mol. The fourth-order valence-electron chi connectivity index (χ4n) is 7.34. The van der Waals surface area contributed by atoms with Crippen molar-refractivity contribution in [1.29, 1.82) is 0 Å². The number of piperazine rings is 1. The molecule has 5 aliphatic rings. The molecule has 6 rings (SSSR count). The van der Waals surface area contributed by atoms with Gasteiger partial charge < -0.3 is 10.2 Å². The summed E-state index contributed by atoms with van der Waals surface area (Å²) in [6.45, 7) is 6.12. The van der Waals surface area contributed by atoms with Crippen molar-refractivity contribution in [3.63, 3.8) is 0 Å². The lowest BCUT2D eigenvalue weighted by Crippen LogP contribution is -2.51. The fourth-order valence-corrected chi connectivity index (χ4v) is 7.55. The summed E-state index contributed by atoms with van der Waals surface area (Å²) in [7, 11) is 0. The third-order valence-electron chi connectivity index (χ3n) is 8.50. The molecule has 0 spiro atoms. The lowest BCUT2D eigenvalue weighted by molar-refractivity contribution is -0.136. The van der Waals surface area contributed by atoms with Crippen LogP contribution >= 0.6 is 11.6 Å². The molecule has 2 amide bonds. The van der Waals surface area contributed by atoms with Gasteiger partial charge in [0.2, 0.25) is 11.8 Å². The summed E-state index contributed by atoms with van der Waals surface area (Å²) in [6.07, 6.45) is 8.49. The number of nitrogens with zero attached hydrogens (tertiary/aromatic N) is 2. The van der Waals surface area contributed by atoms with E-state index in [4.69, 9.17) is 11.6 Å². The molecule has 4 bridgehead atoms. The van der Waals surface area contributed by atoms with E-state index < -0.39 is 0 Å². The highest BCUT2D eigenvalue weighted by Crippen LogP contribution is 2.61. The van der Waals surface area contributed by atoms with E-state index in [0.29, 0.717) is 19.5 Å². The zero-order valence-corrected chi connectivity index (χ0v) is 20.0. The molecule has 1 aromatic rings. The molecule has 1 N–H and O–H groups in total. The highest BCUT2D eigenvalue weighted by Gasteiger charge is 2.51. The van der Waals surface area contributed by atoms with E-state index in [-0.39, 0.29) is 23.8 Å². The summed E-state index contributed by atoms with van der Waals surface area (Å²) in [5.74, 6) is 2.67. The molecular formula is C26H36ClN3O2.